The van der Waals surface area contributed by atoms with Crippen molar-refractivity contribution >= 4 is 28.5 Å². The number of hydrogen-bond donors (Lipinski definition) is 1. The molecule has 0 spiro atoms. The summed E-state index contributed by atoms with van der Waals surface area (Å²) < 4.78 is 40.4. The van der Waals surface area contributed by atoms with E-state index >= 15 is 0 Å². The maximum atomic E-state index is 13.0. The molecule has 0 radical (unpaired) electrons. The van der Waals surface area contributed by atoms with E-state index in [0.29, 0.717) is 29.9 Å². The number of anilines is 1. The number of aliphatic hydroxyl groups is 1. The number of alkyl halides is 3. The summed E-state index contributed by atoms with van der Waals surface area (Å²) in [5.74, 6) is 0.568. The normalized spacial score (nSPS) is 20.6. The Labute approximate surface area is 157 Å². The molecule has 6 nitrogen and oxygen atoms in total. The van der Waals surface area contributed by atoms with Crippen molar-refractivity contribution in [2.24, 2.45) is 5.92 Å². The van der Waals surface area contributed by atoms with Crippen LogP contribution >= 0.6 is 11.6 Å². The monoisotopic (exact) mass is 397 g/mol. The lowest BCUT2D eigenvalue weighted by Crippen LogP contribution is -2.22. The van der Waals surface area contributed by atoms with Crippen LogP contribution in [0.1, 0.15) is 12.5 Å². The second kappa shape index (κ2) is 6.35. The summed E-state index contributed by atoms with van der Waals surface area (Å²) >= 11 is 6.06. The SMILES string of the molecule is CC1CN(c2nc(Cl)nc3c2cnn3-c2cccc(C(F)(F)F)c2)CC1O. The van der Waals surface area contributed by atoms with E-state index in [1.54, 1.807) is 0 Å². The molecule has 1 aliphatic heterocycles. The molecule has 2 aromatic heterocycles. The number of β-amino-alcohol motifs (C(OH)–C–C–N with tert-alkyl or cyclic N) is 1. The van der Waals surface area contributed by atoms with Gasteiger partial charge in [0.15, 0.2) is 5.65 Å². The van der Waals surface area contributed by atoms with Crippen LogP contribution in [0.2, 0.25) is 5.28 Å². The molecule has 10 heteroatoms. The third kappa shape index (κ3) is 3.21. The number of aliphatic hydroxyl groups excluding tert-OH is 1. The van der Waals surface area contributed by atoms with Crippen LogP contribution in [0.4, 0.5) is 19.0 Å². The topological polar surface area (TPSA) is 67.1 Å². The molecule has 2 atom stereocenters. The molecular weight excluding hydrogens is 383 g/mol. The third-order valence-corrected chi connectivity index (χ3v) is 4.84. The first-order valence-electron chi connectivity index (χ1n) is 8.26. The molecule has 3 heterocycles. The minimum absolute atomic E-state index is 0.0414. The fraction of sp³-hybridized carbons (Fsp3) is 0.353. The van der Waals surface area contributed by atoms with Crippen LogP contribution < -0.4 is 4.90 Å². The van der Waals surface area contributed by atoms with Gasteiger partial charge in [-0.2, -0.15) is 28.2 Å². The summed E-state index contributed by atoms with van der Waals surface area (Å²) in [6, 6.07) is 4.83. The third-order valence-electron chi connectivity index (χ3n) is 4.67. The molecule has 0 bridgehead atoms. The molecule has 1 aliphatic rings. The van der Waals surface area contributed by atoms with Crippen LogP contribution in [0.15, 0.2) is 30.5 Å². The van der Waals surface area contributed by atoms with Gasteiger partial charge in [-0.05, 0) is 29.8 Å². The molecule has 27 heavy (non-hydrogen) atoms. The predicted octanol–water partition coefficient (Wildman–Crippen LogP) is 3.30. The van der Waals surface area contributed by atoms with Crippen LogP contribution in [0, 0.1) is 5.92 Å². The average Bonchev–Trinajstić information content (AvgIpc) is 3.17. The minimum Gasteiger partial charge on any atom is -0.391 e. The van der Waals surface area contributed by atoms with E-state index < -0.39 is 17.8 Å². The Bertz CT molecular complexity index is 996. The maximum absolute atomic E-state index is 13.0. The molecular formula is C17H15ClF3N5O. The van der Waals surface area contributed by atoms with Gasteiger partial charge in [-0.3, -0.25) is 0 Å². The molecule has 1 fully saturated rings. The van der Waals surface area contributed by atoms with E-state index in [1.165, 1.54) is 23.0 Å². The van der Waals surface area contributed by atoms with E-state index in [0.717, 1.165) is 12.1 Å². The standard InChI is InChI=1S/C17H15ClF3N5O/c1-9-7-25(8-13(9)27)14-12-6-22-26(15(12)24-16(18)23-14)11-4-2-3-10(5-11)17(19,20)21/h2-6,9,13,27H,7-8H2,1H3. The van der Waals surface area contributed by atoms with Gasteiger partial charge in [-0.25, -0.2) is 4.68 Å². The lowest BCUT2D eigenvalue weighted by Gasteiger charge is -2.17. The predicted molar refractivity (Wildman–Crippen MR) is 94.1 cm³/mol. The Hall–Kier alpha value is -2.39. The summed E-state index contributed by atoms with van der Waals surface area (Å²) in [5, 5.41) is 14.7. The molecule has 0 aliphatic carbocycles. The van der Waals surface area contributed by atoms with Crippen molar-refractivity contribution in [1.29, 1.82) is 0 Å². The molecule has 1 saturated heterocycles. The van der Waals surface area contributed by atoms with Gasteiger partial charge in [0.1, 0.15) is 5.82 Å². The van der Waals surface area contributed by atoms with Gasteiger partial charge in [-0.15, -0.1) is 0 Å². The van der Waals surface area contributed by atoms with Gasteiger partial charge in [0.05, 0.1) is 28.9 Å². The first-order chi connectivity index (χ1) is 12.7. The van der Waals surface area contributed by atoms with E-state index in [-0.39, 0.29) is 16.9 Å². The summed E-state index contributed by atoms with van der Waals surface area (Å²) in [6.45, 7) is 2.90. The minimum atomic E-state index is -4.46. The lowest BCUT2D eigenvalue weighted by atomic mass is 10.1. The molecule has 3 aromatic rings. The van der Waals surface area contributed by atoms with Crippen molar-refractivity contribution < 1.29 is 18.3 Å². The Balaban J connectivity index is 1.83. The number of halogens is 4. The molecule has 1 N–H and O–H groups in total. The van der Waals surface area contributed by atoms with Gasteiger partial charge in [0, 0.05) is 19.0 Å². The highest BCUT2D eigenvalue weighted by molar-refractivity contribution is 6.28. The Morgan fingerprint density at radius 3 is 2.67 bits per heavy atom. The number of fused-ring (bicyclic) bond motifs is 1. The van der Waals surface area contributed by atoms with Crippen LogP contribution in [0.25, 0.3) is 16.7 Å². The lowest BCUT2D eigenvalue weighted by molar-refractivity contribution is -0.137. The van der Waals surface area contributed by atoms with Crippen molar-refractivity contribution in [2.45, 2.75) is 19.2 Å². The van der Waals surface area contributed by atoms with E-state index in [1.807, 2.05) is 11.8 Å². The molecule has 0 amide bonds. The van der Waals surface area contributed by atoms with E-state index in [2.05, 4.69) is 15.1 Å². The van der Waals surface area contributed by atoms with Crippen LogP contribution in [-0.2, 0) is 6.18 Å². The highest BCUT2D eigenvalue weighted by Crippen LogP contribution is 2.33. The average molecular weight is 398 g/mol. The first-order valence-corrected chi connectivity index (χ1v) is 8.64. The Morgan fingerprint density at radius 2 is 2.00 bits per heavy atom. The molecule has 142 valence electrons. The molecule has 2 unspecified atom stereocenters. The Kier molecular flexibility index (Phi) is 4.23. The highest BCUT2D eigenvalue weighted by atomic mass is 35.5. The van der Waals surface area contributed by atoms with Gasteiger partial charge in [-0.1, -0.05) is 13.0 Å². The van der Waals surface area contributed by atoms with E-state index in [4.69, 9.17) is 11.6 Å². The second-order valence-electron chi connectivity index (χ2n) is 6.61. The van der Waals surface area contributed by atoms with Gasteiger partial charge in [0.25, 0.3) is 0 Å². The number of nitrogens with zero attached hydrogens (tertiary/aromatic N) is 5. The van der Waals surface area contributed by atoms with Crippen molar-refractivity contribution in [3.63, 3.8) is 0 Å². The fourth-order valence-electron chi connectivity index (χ4n) is 3.23. The smallest absolute Gasteiger partial charge is 0.391 e. The zero-order chi connectivity index (χ0) is 19.3. The van der Waals surface area contributed by atoms with Gasteiger partial charge in [0.2, 0.25) is 5.28 Å². The van der Waals surface area contributed by atoms with E-state index in [9.17, 15) is 18.3 Å². The quantitative estimate of drug-likeness (QED) is 0.672. The summed E-state index contributed by atoms with van der Waals surface area (Å²) in [7, 11) is 0. The number of aromatic nitrogens is 4. The van der Waals surface area contributed by atoms with Crippen LogP contribution in [0.5, 0.6) is 0 Å². The second-order valence-corrected chi connectivity index (χ2v) is 6.95. The van der Waals surface area contributed by atoms with Gasteiger partial charge >= 0.3 is 6.18 Å². The first kappa shape index (κ1) is 18.0. The molecule has 0 saturated carbocycles. The van der Waals surface area contributed by atoms with Crippen LogP contribution in [-0.4, -0.2) is 44.0 Å². The molecule has 4 rings (SSSR count). The number of rotatable bonds is 2. The highest BCUT2D eigenvalue weighted by Gasteiger charge is 2.32. The van der Waals surface area contributed by atoms with Crippen molar-refractivity contribution in [2.75, 3.05) is 18.0 Å². The fourth-order valence-corrected chi connectivity index (χ4v) is 3.39. The summed E-state index contributed by atoms with van der Waals surface area (Å²) in [4.78, 5) is 10.3. The molecule has 1 aromatic carbocycles. The Morgan fingerprint density at radius 1 is 1.22 bits per heavy atom. The summed E-state index contributed by atoms with van der Waals surface area (Å²) in [5.41, 5.74) is -0.255. The zero-order valence-electron chi connectivity index (χ0n) is 14.2. The largest absolute Gasteiger partial charge is 0.416 e. The van der Waals surface area contributed by atoms with Crippen molar-refractivity contribution in [3.8, 4) is 5.69 Å². The summed E-state index contributed by atoms with van der Waals surface area (Å²) in [6.07, 6.45) is -3.46. The number of benzene rings is 1. The van der Waals surface area contributed by atoms with Crippen LogP contribution in [0.3, 0.4) is 0 Å². The van der Waals surface area contributed by atoms with Gasteiger partial charge < -0.3 is 10.0 Å². The number of hydrogen-bond acceptors (Lipinski definition) is 5. The maximum Gasteiger partial charge on any atom is 0.416 e. The zero-order valence-corrected chi connectivity index (χ0v) is 14.9. The van der Waals surface area contributed by atoms with Crippen molar-refractivity contribution in [1.82, 2.24) is 19.7 Å². The van der Waals surface area contributed by atoms with Crippen molar-refractivity contribution in [3.05, 3.63) is 41.3 Å².